The summed E-state index contributed by atoms with van der Waals surface area (Å²) in [6.45, 7) is 6.50. The summed E-state index contributed by atoms with van der Waals surface area (Å²) >= 11 is 0. The minimum absolute atomic E-state index is 0.349. The van der Waals surface area contributed by atoms with Crippen LogP contribution in [-0.4, -0.2) is 20.3 Å². The summed E-state index contributed by atoms with van der Waals surface area (Å²) in [5.41, 5.74) is 0.739. The van der Waals surface area contributed by atoms with Crippen LogP contribution in [0.15, 0.2) is 16.9 Å². The van der Waals surface area contributed by atoms with Crippen molar-refractivity contribution >= 4 is 0 Å². The molecule has 0 unspecified atom stereocenters. The molecule has 0 aliphatic carbocycles. The molecule has 0 saturated heterocycles. The Balaban J connectivity index is 2.02. The molecule has 0 saturated carbocycles. The summed E-state index contributed by atoms with van der Waals surface area (Å²) < 4.78 is 5.15. The van der Waals surface area contributed by atoms with Gasteiger partial charge in [-0.3, -0.25) is 10.4 Å². The predicted molar refractivity (Wildman–Crippen MR) is 57.5 cm³/mol. The van der Waals surface area contributed by atoms with Crippen molar-refractivity contribution in [3.63, 3.8) is 0 Å². The third-order valence-electron chi connectivity index (χ3n) is 2.35. The van der Waals surface area contributed by atoms with E-state index < -0.39 is 0 Å². The molecule has 0 atom stereocenters. The van der Waals surface area contributed by atoms with E-state index >= 15 is 0 Å². The molecule has 0 aliphatic heterocycles. The molecule has 0 amide bonds. The van der Waals surface area contributed by atoms with Gasteiger partial charge in [-0.25, -0.2) is 0 Å². The number of hydrogen-bond donors (Lipinski definition) is 2. The van der Waals surface area contributed by atoms with Gasteiger partial charge in [-0.1, -0.05) is 5.16 Å². The topological polar surface area (TPSA) is 79.6 Å². The molecule has 0 fully saturated rings. The van der Waals surface area contributed by atoms with Crippen molar-refractivity contribution in [1.29, 1.82) is 0 Å². The molecule has 0 radical (unpaired) electrons. The highest BCUT2D eigenvalue weighted by atomic mass is 16.5. The average molecular weight is 221 g/mol. The number of rotatable bonds is 4. The molecule has 0 aromatic carbocycles. The van der Waals surface area contributed by atoms with Gasteiger partial charge in [0.05, 0.1) is 11.7 Å². The molecule has 0 spiro atoms. The van der Waals surface area contributed by atoms with Gasteiger partial charge in [-0.05, 0) is 20.8 Å². The second-order valence-electron chi connectivity index (χ2n) is 4.23. The van der Waals surface area contributed by atoms with Crippen LogP contribution in [0.3, 0.4) is 0 Å². The van der Waals surface area contributed by atoms with Crippen molar-refractivity contribution in [2.75, 3.05) is 0 Å². The highest BCUT2D eigenvalue weighted by Crippen LogP contribution is 2.18. The van der Waals surface area contributed by atoms with Gasteiger partial charge in [-0.2, -0.15) is 10.1 Å². The van der Waals surface area contributed by atoms with Crippen molar-refractivity contribution in [2.24, 2.45) is 0 Å². The van der Waals surface area contributed by atoms with E-state index in [0.29, 0.717) is 18.3 Å². The minimum atomic E-state index is -0.349. The Hall–Kier alpha value is -1.69. The fourth-order valence-corrected chi connectivity index (χ4v) is 1.32. The standard InChI is InChI=1S/C10H15N5O/c1-7-14-9(16-15-7)10(2,3)11-4-8-5-12-13-6-8/h5-6,11H,4H2,1-3H3,(H,12,13). The Morgan fingerprint density at radius 3 is 2.88 bits per heavy atom. The zero-order valence-corrected chi connectivity index (χ0v) is 9.61. The average Bonchev–Trinajstić information content (AvgIpc) is 2.85. The molecule has 6 heteroatoms. The van der Waals surface area contributed by atoms with Crippen LogP contribution in [0.1, 0.15) is 31.1 Å². The summed E-state index contributed by atoms with van der Waals surface area (Å²) in [4.78, 5) is 4.22. The van der Waals surface area contributed by atoms with Crippen molar-refractivity contribution in [3.8, 4) is 0 Å². The van der Waals surface area contributed by atoms with Crippen molar-refractivity contribution in [3.05, 3.63) is 29.7 Å². The first-order valence-corrected chi connectivity index (χ1v) is 5.11. The lowest BCUT2D eigenvalue weighted by molar-refractivity contribution is 0.266. The monoisotopic (exact) mass is 221 g/mol. The summed E-state index contributed by atoms with van der Waals surface area (Å²) in [6.07, 6.45) is 3.63. The predicted octanol–water partition coefficient (Wildman–Crippen LogP) is 1.13. The molecule has 86 valence electrons. The SMILES string of the molecule is Cc1noc(C(C)(C)NCc2cn[nH]c2)n1. The third-order valence-corrected chi connectivity index (χ3v) is 2.35. The second kappa shape index (κ2) is 4.05. The molecule has 2 aromatic rings. The van der Waals surface area contributed by atoms with E-state index in [9.17, 15) is 0 Å². The number of H-pyrrole nitrogens is 1. The zero-order valence-electron chi connectivity index (χ0n) is 9.61. The Morgan fingerprint density at radius 1 is 1.50 bits per heavy atom. The lowest BCUT2D eigenvalue weighted by Crippen LogP contribution is -2.36. The smallest absolute Gasteiger partial charge is 0.246 e. The van der Waals surface area contributed by atoms with Crippen LogP contribution in [0.4, 0.5) is 0 Å². The molecule has 0 aliphatic rings. The van der Waals surface area contributed by atoms with Gasteiger partial charge in [-0.15, -0.1) is 0 Å². The van der Waals surface area contributed by atoms with Crippen molar-refractivity contribution < 1.29 is 4.52 Å². The fraction of sp³-hybridized carbons (Fsp3) is 0.500. The highest BCUT2D eigenvalue weighted by molar-refractivity contribution is 5.05. The lowest BCUT2D eigenvalue weighted by Gasteiger charge is -2.21. The van der Waals surface area contributed by atoms with E-state index in [1.807, 2.05) is 20.0 Å². The van der Waals surface area contributed by atoms with Crippen LogP contribution in [0.5, 0.6) is 0 Å². The van der Waals surface area contributed by atoms with Crippen LogP contribution in [0.25, 0.3) is 0 Å². The van der Waals surface area contributed by atoms with Gasteiger partial charge < -0.3 is 4.52 Å². The Labute approximate surface area is 93.4 Å². The Morgan fingerprint density at radius 2 is 2.31 bits per heavy atom. The van der Waals surface area contributed by atoms with E-state index in [-0.39, 0.29) is 5.54 Å². The maximum atomic E-state index is 5.15. The van der Waals surface area contributed by atoms with Gasteiger partial charge in [0.1, 0.15) is 0 Å². The molecule has 2 heterocycles. The van der Waals surface area contributed by atoms with Crippen LogP contribution < -0.4 is 5.32 Å². The molecule has 2 N–H and O–H groups in total. The number of nitrogens with one attached hydrogen (secondary N) is 2. The van der Waals surface area contributed by atoms with Gasteiger partial charge in [0.25, 0.3) is 0 Å². The number of nitrogens with zero attached hydrogens (tertiary/aromatic N) is 3. The molecular formula is C10H15N5O. The van der Waals surface area contributed by atoms with E-state index in [1.165, 1.54) is 0 Å². The summed E-state index contributed by atoms with van der Waals surface area (Å²) in [6, 6.07) is 0. The van der Waals surface area contributed by atoms with Crippen LogP contribution in [0, 0.1) is 6.92 Å². The molecule has 2 aromatic heterocycles. The summed E-state index contributed by atoms with van der Waals surface area (Å²) in [5.74, 6) is 1.24. The van der Waals surface area contributed by atoms with Crippen LogP contribution >= 0.6 is 0 Å². The maximum absolute atomic E-state index is 5.15. The second-order valence-corrected chi connectivity index (χ2v) is 4.23. The van der Waals surface area contributed by atoms with E-state index in [4.69, 9.17) is 4.52 Å². The van der Waals surface area contributed by atoms with Gasteiger partial charge in [0.15, 0.2) is 5.82 Å². The van der Waals surface area contributed by atoms with E-state index in [1.54, 1.807) is 13.1 Å². The van der Waals surface area contributed by atoms with Crippen LogP contribution in [-0.2, 0) is 12.1 Å². The zero-order chi connectivity index (χ0) is 11.6. The first-order chi connectivity index (χ1) is 7.58. The van der Waals surface area contributed by atoms with Gasteiger partial charge in [0.2, 0.25) is 5.89 Å². The lowest BCUT2D eigenvalue weighted by atomic mass is 10.1. The molecule has 6 nitrogen and oxygen atoms in total. The Kier molecular flexibility index (Phi) is 2.74. The largest absolute Gasteiger partial charge is 0.337 e. The summed E-state index contributed by atoms with van der Waals surface area (Å²) in [5, 5.41) is 13.8. The summed E-state index contributed by atoms with van der Waals surface area (Å²) in [7, 11) is 0. The third kappa shape index (κ3) is 2.27. The number of aromatic amines is 1. The van der Waals surface area contributed by atoms with Crippen molar-refractivity contribution in [2.45, 2.75) is 32.9 Å². The number of hydrogen-bond acceptors (Lipinski definition) is 5. The Bertz CT molecular complexity index is 445. The fourth-order valence-electron chi connectivity index (χ4n) is 1.32. The number of aryl methyl sites for hydroxylation is 1. The van der Waals surface area contributed by atoms with Crippen LogP contribution in [0.2, 0.25) is 0 Å². The molecule has 16 heavy (non-hydrogen) atoms. The highest BCUT2D eigenvalue weighted by Gasteiger charge is 2.26. The number of aromatic nitrogens is 4. The van der Waals surface area contributed by atoms with E-state index in [0.717, 1.165) is 5.56 Å². The molecular weight excluding hydrogens is 206 g/mol. The first-order valence-electron chi connectivity index (χ1n) is 5.11. The normalized spacial score (nSPS) is 11.9. The molecule has 2 rings (SSSR count). The minimum Gasteiger partial charge on any atom is -0.337 e. The van der Waals surface area contributed by atoms with E-state index in [2.05, 4.69) is 25.7 Å². The maximum Gasteiger partial charge on any atom is 0.246 e. The quantitative estimate of drug-likeness (QED) is 0.808. The van der Waals surface area contributed by atoms with Gasteiger partial charge >= 0.3 is 0 Å². The molecule has 0 bridgehead atoms. The van der Waals surface area contributed by atoms with Crippen molar-refractivity contribution in [1.82, 2.24) is 25.7 Å². The van der Waals surface area contributed by atoms with Gasteiger partial charge in [0, 0.05) is 18.3 Å². The first kappa shape index (κ1) is 10.8.